The zero-order chi connectivity index (χ0) is 14.2. The summed E-state index contributed by atoms with van der Waals surface area (Å²) in [5.41, 5.74) is 0. The van der Waals surface area contributed by atoms with Gasteiger partial charge in [0, 0.05) is 23.5 Å². The van der Waals surface area contributed by atoms with Crippen LogP contribution in [0.15, 0.2) is 0 Å². The van der Waals surface area contributed by atoms with Gasteiger partial charge in [0.1, 0.15) is 0 Å². The lowest BCUT2D eigenvalue weighted by Crippen LogP contribution is -2.03. The molecule has 0 spiro atoms. The van der Waals surface area contributed by atoms with E-state index >= 15 is 0 Å². The number of hydrogen-bond acceptors (Lipinski definition) is 4. The van der Waals surface area contributed by atoms with E-state index in [0.29, 0.717) is 26.1 Å². The second-order valence-corrected chi connectivity index (χ2v) is 4.78. The standard InChI is InChI=1S/2C6H11BrO2/c2*1-2-9-6(8)4-3-5-7/h2*2-5H2,1H3. The summed E-state index contributed by atoms with van der Waals surface area (Å²) in [5, 5.41) is 1.73. The molecule has 0 aliphatic heterocycles. The molecular formula is C12H22Br2O4. The molecule has 0 aromatic carbocycles. The Morgan fingerprint density at radius 2 is 1.17 bits per heavy atom. The van der Waals surface area contributed by atoms with Crippen molar-refractivity contribution in [3.63, 3.8) is 0 Å². The lowest BCUT2D eigenvalue weighted by molar-refractivity contribution is -0.144. The molecule has 6 heteroatoms. The molecule has 0 radical (unpaired) electrons. The number of esters is 2. The number of hydrogen-bond donors (Lipinski definition) is 0. The zero-order valence-electron chi connectivity index (χ0n) is 11.0. The highest BCUT2D eigenvalue weighted by molar-refractivity contribution is 9.09. The third-order valence-corrected chi connectivity index (χ3v) is 2.76. The second-order valence-electron chi connectivity index (χ2n) is 3.20. The van der Waals surface area contributed by atoms with Gasteiger partial charge in [-0.1, -0.05) is 31.9 Å². The van der Waals surface area contributed by atoms with Crippen molar-refractivity contribution >= 4 is 43.8 Å². The molecule has 0 N–H and O–H groups in total. The first-order valence-corrected chi connectivity index (χ1v) is 8.29. The molecule has 0 saturated carbocycles. The van der Waals surface area contributed by atoms with E-state index in [1.807, 2.05) is 13.8 Å². The van der Waals surface area contributed by atoms with Gasteiger partial charge in [-0.25, -0.2) is 0 Å². The fourth-order valence-electron chi connectivity index (χ4n) is 0.889. The molecule has 0 aliphatic rings. The summed E-state index contributed by atoms with van der Waals surface area (Å²) in [7, 11) is 0. The van der Waals surface area contributed by atoms with Crippen LogP contribution in [0.3, 0.4) is 0 Å². The van der Waals surface area contributed by atoms with Crippen LogP contribution in [0.5, 0.6) is 0 Å². The fourth-order valence-corrected chi connectivity index (χ4v) is 1.45. The lowest BCUT2D eigenvalue weighted by Gasteiger charge is -1.97. The van der Waals surface area contributed by atoms with Crippen LogP contribution in [-0.2, 0) is 19.1 Å². The monoisotopic (exact) mass is 388 g/mol. The Balaban J connectivity index is 0. The highest BCUT2D eigenvalue weighted by Crippen LogP contribution is 1.96. The lowest BCUT2D eigenvalue weighted by atomic mass is 10.3. The van der Waals surface area contributed by atoms with Gasteiger partial charge in [0.25, 0.3) is 0 Å². The first-order valence-electron chi connectivity index (χ1n) is 6.05. The van der Waals surface area contributed by atoms with Gasteiger partial charge in [0.05, 0.1) is 13.2 Å². The average molecular weight is 390 g/mol. The molecule has 0 bridgehead atoms. The molecule has 0 aliphatic carbocycles. The van der Waals surface area contributed by atoms with Crippen LogP contribution in [0.25, 0.3) is 0 Å². The molecule has 0 rings (SSSR count). The minimum atomic E-state index is -0.100. The second kappa shape index (κ2) is 16.9. The number of rotatable bonds is 8. The molecule has 108 valence electrons. The molecular weight excluding hydrogens is 368 g/mol. The predicted octanol–water partition coefficient (Wildman–Crippen LogP) is 3.45. The summed E-state index contributed by atoms with van der Waals surface area (Å²) in [6, 6.07) is 0. The van der Waals surface area contributed by atoms with Crippen LogP contribution >= 0.6 is 31.9 Å². The van der Waals surface area contributed by atoms with Crippen LogP contribution < -0.4 is 0 Å². The summed E-state index contributed by atoms with van der Waals surface area (Å²) in [4.78, 5) is 21.1. The normalized spacial score (nSPS) is 9.11. The Hall–Kier alpha value is -0.100. The van der Waals surface area contributed by atoms with Gasteiger partial charge in [0.15, 0.2) is 0 Å². The maximum absolute atomic E-state index is 10.6. The van der Waals surface area contributed by atoms with Crippen LogP contribution in [-0.4, -0.2) is 35.8 Å². The highest BCUT2D eigenvalue weighted by Gasteiger charge is 1.98. The van der Waals surface area contributed by atoms with Gasteiger partial charge in [-0.05, 0) is 26.7 Å². The topological polar surface area (TPSA) is 52.6 Å². The van der Waals surface area contributed by atoms with Crippen LogP contribution in [0.4, 0.5) is 0 Å². The predicted molar refractivity (Wildman–Crippen MR) is 79.3 cm³/mol. The van der Waals surface area contributed by atoms with E-state index in [1.165, 1.54) is 0 Å². The maximum atomic E-state index is 10.6. The van der Waals surface area contributed by atoms with Crippen LogP contribution in [0.1, 0.15) is 39.5 Å². The van der Waals surface area contributed by atoms with Crippen molar-refractivity contribution in [1.82, 2.24) is 0 Å². The highest BCUT2D eigenvalue weighted by atomic mass is 79.9. The Kier molecular flexibility index (Phi) is 19.0. The number of ether oxygens (including phenoxy) is 2. The van der Waals surface area contributed by atoms with Crippen molar-refractivity contribution in [2.24, 2.45) is 0 Å². The van der Waals surface area contributed by atoms with Gasteiger partial charge in [-0.3, -0.25) is 9.59 Å². The Morgan fingerprint density at radius 1 is 0.833 bits per heavy atom. The van der Waals surface area contributed by atoms with Crippen molar-refractivity contribution in [2.45, 2.75) is 39.5 Å². The summed E-state index contributed by atoms with van der Waals surface area (Å²) in [5.74, 6) is -0.200. The Labute approximate surface area is 126 Å². The largest absolute Gasteiger partial charge is 0.466 e. The minimum absolute atomic E-state index is 0.100. The van der Waals surface area contributed by atoms with E-state index < -0.39 is 0 Å². The SMILES string of the molecule is CCOC(=O)CCCBr.CCOC(=O)CCCBr. The summed E-state index contributed by atoms with van der Waals surface area (Å²) < 4.78 is 9.37. The van der Waals surface area contributed by atoms with Gasteiger partial charge in [-0.15, -0.1) is 0 Å². The molecule has 0 atom stereocenters. The van der Waals surface area contributed by atoms with Gasteiger partial charge in [0.2, 0.25) is 0 Å². The molecule has 4 nitrogen and oxygen atoms in total. The van der Waals surface area contributed by atoms with Crippen molar-refractivity contribution in [2.75, 3.05) is 23.9 Å². The fraction of sp³-hybridized carbons (Fsp3) is 0.833. The third-order valence-electron chi connectivity index (χ3n) is 1.64. The minimum Gasteiger partial charge on any atom is -0.466 e. The first kappa shape index (κ1) is 20.2. The zero-order valence-corrected chi connectivity index (χ0v) is 14.2. The van der Waals surface area contributed by atoms with Crippen LogP contribution in [0, 0.1) is 0 Å². The summed E-state index contributed by atoms with van der Waals surface area (Å²) in [6.07, 6.45) is 2.77. The molecule has 0 saturated heterocycles. The molecule has 0 aromatic rings. The molecule has 0 unspecified atom stereocenters. The molecule has 18 heavy (non-hydrogen) atoms. The van der Waals surface area contributed by atoms with Gasteiger partial charge in [-0.2, -0.15) is 0 Å². The molecule has 0 amide bonds. The van der Waals surface area contributed by atoms with E-state index in [2.05, 4.69) is 41.3 Å². The molecule has 0 fully saturated rings. The van der Waals surface area contributed by atoms with E-state index in [4.69, 9.17) is 0 Å². The quantitative estimate of drug-likeness (QED) is 0.471. The van der Waals surface area contributed by atoms with E-state index in [-0.39, 0.29) is 11.9 Å². The smallest absolute Gasteiger partial charge is 0.305 e. The third kappa shape index (κ3) is 18.3. The van der Waals surface area contributed by atoms with Crippen molar-refractivity contribution in [1.29, 1.82) is 0 Å². The van der Waals surface area contributed by atoms with Crippen molar-refractivity contribution in [3.8, 4) is 0 Å². The van der Waals surface area contributed by atoms with Gasteiger partial charge >= 0.3 is 11.9 Å². The molecule has 0 heterocycles. The average Bonchev–Trinajstić information content (AvgIpc) is 2.35. The van der Waals surface area contributed by atoms with Crippen LogP contribution in [0.2, 0.25) is 0 Å². The van der Waals surface area contributed by atoms with Crippen molar-refractivity contribution < 1.29 is 19.1 Å². The van der Waals surface area contributed by atoms with E-state index in [9.17, 15) is 9.59 Å². The number of alkyl halides is 2. The number of carbonyl (C=O) groups excluding carboxylic acids is 2. The Bertz CT molecular complexity index is 188. The number of halogens is 2. The number of carbonyl (C=O) groups is 2. The Morgan fingerprint density at radius 3 is 1.39 bits per heavy atom. The van der Waals surface area contributed by atoms with Crippen molar-refractivity contribution in [3.05, 3.63) is 0 Å². The molecule has 0 aromatic heterocycles. The summed E-state index contributed by atoms with van der Waals surface area (Å²) in [6.45, 7) is 4.60. The van der Waals surface area contributed by atoms with E-state index in [1.54, 1.807) is 0 Å². The van der Waals surface area contributed by atoms with Gasteiger partial charge < -0.3 is 9.47 Å². The van der Waals surface area contributed by atoms with E-state index in [0.717, 1.165) is 23.5 Å². The summed E-state index contributed by atoms with van der Waals surface area (Å²) >= 11 is 6.44. The maximum Gasteiger partial charge on any atom is 0.305 e. The first-order chi connectivity index (χ1) is 8.62.